The van der Waals surface area contributed by atoms with Crippen LogP contribution >= 0.6 is 0 Å². The molecule has 1 aliphatic heterocycles. The van der Waals surface area contributed by atoms with Crippen LogP contribution in [0.3, 0.4) is 0 Å². The van der Waals surface area contributed by atoms with E-state index in [2.05, 4.69) is 74.2 Å². The van der Waals surface area contributed by atoms with Crippen molar-refractivity contribution < 1.29 is 0 Å². The number of likely N-dealkylation sites (N-methyl/N-ethyl adjacent to an activating group) is 1. The molecule has 1 rings (SSSR count). The molecule has 0 aliphatic carbocycles. The lowest BCUT2D eigenvalue weighted by molar-refractivity contribution is 0.260. The van der Waals surface area contributed by atoms with Crippen LogP contribution in [0.2, 0.25) is 0 Å². The van der Waals surface area contributed by atoms with Crippen molar-refractivity contribution in [3.8, 4) is 12.3 Å². The molecule has 3 unspecified atom stereocenters. The Morgan fingerprint density at radius 2 is 2.15 bits per heavy atom. The molecule has 27 heavy (non-hydrogen) atoms. The van der Waals surface area contributed by atoms with E-state index in [9.17, 15) is 0 Å². The lowest BCUT2D eigenvalue weighted by atomic mass is 10.0. The zero-order chi connectivity index (χ0) is 20.4. The highest BCUT2D eigenvalue weighted by Crippen LogP contribution is 2.33. The van der Waals surface area contributed by atoms with Crippen molar-refractivity contribution in [1.29, 1.82) is 0 Å². The van der Waals surface area contributed by atoms with Gasteiger partial charge in [-0.2, -0.15) is 0 Å². The van der Waals surface area contributed by atoms with Crippen LogP contribution in [0.4, 0.5) is 0 Å². The topological polar surface area (TPSA) is 18.5 Å². The van der Waals surface area contributed by atoms with Crippen molar-refractivity contribution in [2.24, 2.45) is 5.92 Å². The zero-order valence-corrected chi connectivity index (χ0v) is 17.8. The van der Waals surface area contributed by atoms with E-state index in [-0.39, 0.29) is 6.04 Å². The van der Waals surface area contributed by atoms with E-state index in [1.54, 1.807) is 0 Å². The SMILES string of the molecule is C#CC1CC(CC(=C)N/C(C)=C/C=C\C)CN1/C(=C/C)C(CC)N(C)C=C. The fourth-order valence-corrected chi connectivity index (χ4v) is 3.86. The standard InChI is InChI=1S/C24H37N3/c1-9-14-15-19(6)25-20(7)16-21-17-22(10-2)27(18-21)24(12-4)23(11-3)26(8)13-5/h2,9,12-15,21-23,25H,5,7,11,16-18H2,1,3-4,6,8H3/b14-9-,19-15+,24-12+. The molecule has 0 amide bonds. The predicted molar refractivity (Wildman–Crippen MR) is 119 cm³/mol. The summed E-state index contributed by atoms with van der Waals surface area (Å²) in [6, 6.07) is 0.440. The van der Waals surface area contributed by atoms with Gasteiger partial charge in [0.15, 0.2) is 0 Å². The minimum absolute atomic E-state index is 0.140. The lowest BCUT2D eigenvalue weighted by Crippen LogP contribution is -2.39. The number of rotatable bonds is 10. The van der Waals surface area contributed by atoms with E-state index in [0.29, 0.717) is 12.0 Å². The summed E-state index contributed by atoms with van der Waals surface area (Å²) in [5.41, 5.74) is 3.45. The van der Waals surface area contributed by atoms with Crippen LogP contribution in [-0.2, 0) is 0 Å². The number of hydrogen-bond donors (Lipinski definition) is 1. The average molecular weight is 368 g/mol. The van der Waals surface area contributed by atoms with E-state index in [0.717, 1.165) is 37.2 Å². The summed E-state index contributed by atoms with van der Waals surface area (Å²) in [5, 5.41) is 3.40. The summed E-state index contributed by atoms with van der Waals surface area (Å²) < 4.78 is 0. The minimum Gasteiger partial charge on any atom is -0.373 e. The molecule has 3 heteroatoms. The highest BCUT2D eigenvalue weighted by atomic mass is 15.2. The third-order valence-electron chi connectivity index (χ3n) is 5.16. The smallest absolute Gasteiger partial charge is 0.0902 e. The maximum atomic E-state index is 5.89. The quantitative estimate of drug-likeness (QED) is 0.431. The van der Waals surface area contributed by atoms with Crippen LogP contribution in [0.25, 0.3) is 0 Å². The minimum atomic E-state index is 0.140. The van der Waals surface area contributed by atoms with Gasteiger partial charge in [-0.3, -0.25) is 0 Å². The molecule has 1 saturated heterocycles. The van der Waals surface area contributed by atoms with Crippen LogP contribution in [0, 0.1) is 18.3 Å². The average Bonchev–Trinajstić information content (AvgIpc) is 3.05. The van der Waals surface area contributed by atoms with Gasteiger partial charge < -0.3 is 15.1 Å². The summed E-state index contributed by atoms with van der Waals surface area (Å²) in [7, 11) is 2.08. The van der Waals surface area contributed by atoms with Gasteiger partial charge in [-0.15, -0.1) is 6.42 Å². The number of hydrogen-bond acceptors (Lipinski definition) is 3. The Hall–Kier alpha value is -2.34. The molecule has 1 N–H and O–H groups in total. The fourth-order valence-electron chi connectivity index (χ4n) is 3.86. The highest BCUT2D eigenvalue weighted by Gasteiger charge is 2.34. The van der Waals surface area contributed by atoms with E-state index < -0.39 is 0 Å². The number of likely N-dealkylation sites (tertiary alicyclic amines) is 1. The molecule has 148 valence electrons. The molecule has 0 saturated carbocycles. The molecule has 0 radical (unpaired) electrons. The van der Waals surface area contributed by atoms with Crippen LogP contribution in [0.15, 0.2) is 60.8 Å². The fraction of sp³-hybridized carbons (Fsp3) is 0.500. The van der Waals surface area contributed by atoms with Gasteiger partial charge in [0.25, 0.3) is 0 Å². The first-order valence-corrected chi connectivity index (χ1v) is 9.89. The molecule has 1 aliphatic rings. The first kappa shape index (κ1) is 22.7. The molecular weight excluding hydrogens is 330 g/mol. The first-order valence-electron chi connectivity index (χ1n) is 9.89. The predicted octanol–water partition coefficient (Wildman–Crippen LogP) is 5.04. The highest BCUT2D eigenvalue weighted by molar-refractivity contribution is 5.20. The second kappa shape index (κ2) is 11.4. The Morgan fingerprint density at radius 3 is 2.67 bits per heavy atom. The van der Waals surface area contributed by atoms with Gasteiger partial charge in [0.2, 0.25) is 0 Å². The Kier molecular flexibility index (Phi) is 9.58. The van der Waals surface area contributed by atoms with Crippen LogP contribution in [0.5, 0.6) is 0 Å². The Labute approximate surface area is 167 Å². The molecule has 0 aromatic carbocycles. The number of allylic oxidation sites excluding steroid dienone is 6. The Bertz CT molecular complexity index is 633. The van der Waals surface area contributed by atoms with Crippen molar-refractivity contribution in [2.45, 2.75) is 59.0 Å². The van der Waals surface area contributed by atoms with Crippen LogP contribution < -0.4 is 5.32 Å². The van der Waals surface area contributed by atoms with Crippen molar-refractivity contribution in [1.82, 2.24) is 15.1 Å². The lowest BCUT2D eigenvalue weighted by Gasteiger charge is -2.36. The Balaban J connectivity index is 2.84. The zero-order valence-electron chi connectivity index (χ0n) is 17.8. The maximum Gasteiger partial charge on any atom is 0.0902 e. The number of nitrogens with one attached hydrogen (secondary N) is 1. The maximum absolute atomic E-state index is 5.89. The summed E-state index contributed by atoms with van der Waals surface area (Å²) in [5.74, 6) is 3.51. The van der Waals surface area contributed by atoms with Gasteiger partial charge in [0, 0.05) is 30.7 Å². The van der Waals surface area contributed by atoms with Gasteiger partial charge in [0.05, 0.1) is 12.1 Å². The normalized spacial score (nSPS) is 21.9. The van der Waals surface area contributed by atoms with Crippen LogP contribution in [-0.4, -0.2) is 35.5 Å². The molecule has 0 aromatic rings. The van der Waals surface area contributed by atoms with E-state index in [4.69, 9.17) is 6.42 Å². The third kappa shape index (κ3) is 6.40. The van der Waals surface area contributed by atoms with E-state index >= 15 is 0 Å². The molecule has 1 fully saturated rings. The summed E-state index contributed by atoms with van der Waals surface area (Å²) in [4.78, 5) is 4.58. The molecule has 3 nitrogen and oxygen atoms in total. The van der Waals surface area contributed by atoms with E-state index in [1.807, 2.05) is 25.3 Å². The largest absolute Gasteiger partial charge is 0.373 e. The van der Waals surface area contributed by atoms with Gasteiger partial charge in [-0.1, -0.05) is 44.2 Å². The van der Waals surface area contributed by atoms with Gasteiger partial charge in [-0.05, 0) is 58.2 Å². The molecule has 3 atom stereocenters. The second-order valence-electron chi connectivity index (χ2n) is 7.23. The first-order chi connectivity index (χ1) is 12.9. The molecular formula is C24H37N3. The van der Waals surface area contributed by atoms with Crippen LogP contribution in [0.1, 0.15) is 47.0 Å². The van der Waals surface area contributed by atoms with Crippen molar-refractivity contribution in [3.05, 3.63) is 60.8 Å². The van der Waals surface area contributed by atoms with Crippen molar-refractivity contribution in [3.63, 3.8) is 0 Å². The van der Waals surface area contributed by atoms with Gasteiger partial charge in [-0.25, -0.2) is 0 Å². The molecule has 0 aromatic heterocycles. The van der Waals surface area contributed by atoms with Crippen molar-refractivity contribution in [2.75, 3.05) is 13.6 Å². The summed E-state index contributed by atoms with van der Waals surface area (Å²) in [6.45, 7) is 17.5. The molecule has 0 bridgehead atoms. The number of nitrogens with zero attached hydrogens (tertiary/aromatic N) is 2. The summed E-state index contributed by atoms with van der Waals surface area (Å²) >= 11 is 0. The molecule has 0 spiro atoms. The molecule has 1 heterocycles. The Morgan fingerprint density at radius 1 is 1.44 bits per heavy atom. The number of terminal acetylenes is 1. The van der Waals surface area contributed by atoms with Gasteiger partial charge in [0.1, 0.15) is 0 Å². The monoisotopic (exact) mass is 367 g/mol. The third-order valence-corrected chi connectivity index (χ3v) is 5.16. The second-order valence-corrected chi connectivity index (χ2v) is 7.23. The van der Waals surface area contributed by atoms with E-state index in [1.165, 1.54) is 5.70 Å². The van der Waals surface area contributed by atoms with Gasteiger partial charge >= 0.3 is 0 Å². The summed E-state index contributed by atoms with van der Waals surface area (Å²) in [6.07, 6.45) is 19.0. The van der Waals surface area contributed by atoms with Crippen molar-refractivity contribution >= 4 is 0 Å².